The molecule has 0 radical (unpaired) electrons. The van der Waals surface area contributed by atoms with Crippen LogP contribution in [-0.2, 0) is 9.53 Å². The van der Waals surface area contributed by atoms with Crippen LogP contribution in [0.15, 0.2) is 46.9 Å². The third-order valence-electron chi connectivity index (χ3n) is 4.20. The van der Waals surface area contributed by atoms with Crippen molar-refractivity contribution in [3.8, 4) is 17.2 Å². The molecule has 2 aromatic carbocycles. The molecular formula is C21H21N3O5. The second-order valence-corrected chi connectivity index (χ2v) is 6.40. The molecule has 0 aliphatic heterocycles. The Bertz CT molecular complexity index is 1030. The van der Waals surface area contributed by atoms with Crippen molar-refractivity contribution in [2.24, 2.45) is 0 Å². The number of methoxy groups -OCH3 is 1. The minimum absolute atomic E-state index is 0.165. The number of carbonyl (C=O) groups is 2. The van der Waals surface area contributed by atoms with E-state index >= 15 is 0 Å². The molecule has 0 saturated heterocycles. The van der Waals surface area contributed by atoms with Crippen molar-refractivity contribution in [3.05, 3.63) is 59.5 Å². The maximum atomic E-state index is 12.7. The Morgan fingerprint density at radius 3 is 2.48 bits per heavy atom. The lowest BCUT2D eigenvalue weighted by molar-refractivity contribution is -0.114. The van der Waals surface area contributed by atoms with Crippen molar-refractivity contribution in [2.45, 2.75) is 26.9 Å². The van der Waals surface area contributed by atoms with Crippen LogP contribution < -0.4 is 10.1 Å². The van der Waals surface area contributed by atoms with Crippen LogP contribution in [0.4, 0.5) is 5.69 Å². The number of para-hydroxylation sites is 1. The molecule has 3 rings (SSSR count). The van der Waals surface area contributed by atoms with Gasteiger partial charge >= 0.3 is 5.97 Å². The molecule has 150 valence electrons. The predicted octanol–water partition coefficient (Wildman–Crippen LogP) is 3.93. The van der Waals surface area contributed by atoms with Gasteiger partial charge in [0.2, 0.25) is 11.8 Å². The Morgan fingerprint density at radius 1 is 1.10 bits per heavy atom. The van der Waals surface area contributed by atoms with E-state index in [1.807, 2.05) is 0 Å². The first-order chi connectivity index (χ1) is 13.9. The molecule has 1 atom stereocenters. The molecule has 0 fully saturated rings. The fourth-order valence-electron chi connectivity index (χ4n) is 2.70. The first kappa shape index (κ1) is 20.1. The van der Waals surface area contributed by atoms with Crippen molar-refractivity contribution < 1.29 is 23.5 Å². The van der Waals surface area contributed by atoms with Gasteiger partial charge < -0.3 is 19.2 Å². The minimum atomic E-state index is -0.771. The molecule has 8 nitrogen and oxygen atoms in total. The number of nitrogens with zero attached hydrogens (tertiary/aromatic N) is 2. The first-order valence-corrected chi connectivity index (χ1v) is 8.95. The van der Waals surface area contributed by atoms with E-state index in [-0.39, 0.29) is 17.4 Å². The average Bonchev–Trinajstić information content (AvgIpc) is 3.19. The molecule has 0 aliphatic carbocycles. The molecule has 8 heteroatoms. The smallest absolute Gasteiger partial charge is 0.341 e. The van der Waals surface area contributed by atoms with Crippen LogP contribution in [0.5, 0.6) is 5.75 Å². The Morgan fingerprint density at radius 2 is 1.83 bits per heavy atom. The lowest BCUT2D eigenvalue weighted by atomic mass is 10.1. The van der Waals surface area contributed by atoms with E-state index in [2.05, 4.69) is 15.5 Å². The summed E-state index contributed by atoms with van der Waals surface area (Å²) in [5.74, 6) is 0.304. The molecule has 0 spiro atoms. The molecule has 0 saturated carbocycles. The summed E-state index contributed by atoms with van der Waals surface area (Å²) in [5.41, 5.74) is 2.14. The zero-order valence-electron chi connectivity index (χ0n) is 16.6. The molecule has 0 unspecified atom stereocenters. The predicted molar refractivity (Wildman–Crippen MR) is 106 cm³/mol. The second-order valence-electron chi connectivity index (χ2n) is 6.40. The molecule has 0 bridgehead atoms. The van der Waals surface area contributed by atoms with E-state index in [9.17, 15) is 9.59 Å². The summed E-state index contributed by atoms with van der Waals surface area (Å²) in [6.45, 7) is 4.81. The number of rotatable bonds is 6. The van der Waals surface area contributed by atoms with Crippen LogP contribution in [0.2, 0.25) is 0 Å². The van der Waals surface area contributed by atoms with Gasteiger partial charge in [-0.05, 0) is 49.7 Å². The van der Waals surface area contributed by atoms with Crippen LogP contribution in [0.1, 0.15) is 41.8 Å². The standard InChI is InChI=1S/C21H21N3O5/c1-12-6-5-7-17(18(12)22-14(3)25)21(26)28-13(2)19-23-24-20(29-19)15-8-10-16(27-4)11-9-15/h5-11,13H,1-4H3,(H,22,25)/t13-/m1/s1. The zero-order valence-corrected chi connectivity index (χ0v) is 16.6. The van der Waals surface area contributed by atoms with Crippen LogP contribution in [-0.4, -0.2) is 29.2 Å². The lowest BCUT2D eigenvalue weighted by Gasteiger charge is -2.14. The number of aromatic nitrogens is 2. The van der Waals surface area contributed by atoms with E-state index in [1.54, 1.807) is 63.4 Å². The van der Waals surface area contributed by atoms with Gasteiger partial charge in [0.1, 0.15) is 5.75 Å². The van der Waals surface area contributed by atoms with Crippen LogP contribution in [0.3, 0.4) is 0 Å². The van der Waals surface area contributed by atoms with E-state index in [0.29, 0.717) is 17.3 Å². The molecule has 0 aliphatic rings. The number of aryl methyl sites for hydroxylation is 1. The van der Waals surface area contributed by atoms with Gasteiger partial charge in [0.25, 0.3) is 5.89 Å². The number of carbonyl (C=O) groups excluding carboxylic acids is 2. The molecule has 29 heavy (non-hydrogen) atoms. The van der Waals surface area contributed by atoms with Gasteiger partial charge in [0, 0.05) is 12.5 Å². The van der Waals surface area contributed by atoms with E-state index in [4.69, 9.17) is 13.9 Å². The molecule has 3 aromatic rings. The Kier molecular flexibility index (Phi) is 5.92. The number of nitrogens with one attached hydrogen (secondary N) is 1. The molecular weight excluding hydrogens is 374 g/mol. The van der Waals surface area contributed by atoms with Gasteiger partial charge in [-0.15, -0.1) is 10.2 Å². The molecule has 1 N–H and O–H groups in total. The third kappa shape index (κ3) is 4.60. The monoisotopic (exact) mass is 395 g/mol. The van der Waals surface area contributed by atoms with Crippen molar-refractivity contribution in [1.82, 2.24) is 10.2 Å². The normalized spacial score (nSPS) is 11.6. The molecule has 1 amide bonds. The van der Waals surface area contributed by atoms with Gasteiger partial charge in [-0.1, -0.05) is 12.1 Å². The van der Waals surface area contributed by atoms with E-state index in [0.717, 1.165) is 11.1 Å². The number of hydrogen-bond acceptors (Lipinski definition) is 7. The average molecular weight is 395 g/mol. The van der Waals surface area contributed by atoms with Gasteiger partial charge in [0.15, 0.2) is 6.10 Å². The summed E-state index contributed by atoms with van der Waals surface area (Å²) in [4.78, 5) is 24.1. The summed E-state index contributed by atoms with van der Waals surface area (Å²) in [7, 11) is 1.58. The van der Waals surface area contributed by atoms with E-state index in [1.165, 1.54) is 6.92 Å². The summed E-state index contributed by atoms with van der Waals surface area (Å²) in [6, 6.07) is 12.2. The summed E-state index contributed by atoms with van der Waals surface area (Å²) < 4.78 is 16.3. The summed E-state index contributed by atoms with van der Waals surface area (Å²) >= 11 is 0. The Labute approximate surface area is 167 Å². The largest absolute Gasteiger partial charge is 0.497 e. The fraction of sp³-hybridized carbons (Fsp3) is 0.238. The highest BCUT2D eigenvalue weighted by atomic mass is 16.6. The molecule has 1 aromatic heterocycles. The zero-order chi connectivity index (χ0) is 21.0. The van der Waals surface area contributed by atoms with Gasteiger partial charge in [-0.2, -0.15) is 0 Å². The quantitative estimate of drug-likeness (QED) is 0.631. The molecule has 1 heterocycles. The number of hydrogen-bond donors (Lipinski definition) is 1. The third-order valence-corrected chi connectivity index (χ3v) is 4.20. The Balaban J connectivity index is 1.76. The first-order valence-electron chi connectivity index (χ1n) is 8.95. The maximum Gasteiger partial charge on any atom is 0.341 e. The Hall–Kier alpha value is -3.68. The van der Waals surface area contributed by atoms with Crippen molar-refractivity contribution in [2.75, 3.05) is 12.4 Å². The highest BCUT2D eigenvalue weighted by Crippen LogP contribution is 2.27. The minimum Gasteiger partial charge on any atom is -0.497 e. The summed E-state index contributed by atoms with van der Waals surface area (Å²) in [5, 5.41) is 10.7. The number of ether oxygens (including phenoxy) is 2. The summed E-state index contributed by atoms with van der Waals surface area (Å²) in [6.07, 6.45) is -0.771. The highest BCUT2D eigenvalue weighted by Gasteiger charge is 2.22. The van der Waals surface area contributed by atoms with E-state index < -0.39 is 12.1 Å². The van der Waals surface area contributed by atoms with Crippen molar-refractivity contribution in [3.63, 3.8) is 0 Å². The maximum absolute atomic E-state index is 12.7. The SMILES string of the molecule is COc1ccc(-c2nnc([C@@H](C)OC(=O)c3cccc(C)c3NC(C)=O)o2)cc1. The number of esters is 1. The van der Waals surface area contributed by atoms with Crippen LogP contribution in [0.25, 0.3) is 11.5 Å². The van der Waals surface area contributed by atoms with Gasteiger partial charge in [0.05, 0.1) is 18.4 Å². The van der Waals surface area contributed by atoms with Gasteiger partial charge in [-0.3, -0.25) is 4.79 Å². The van der Waals surface area contributed by atoms with Crippen molar-refractivity contribution in [1.29, 1.82) is 0 Å². The van der Waals surface area contributed by atoms with Gasteiger partial charge in [-0.25, -0.2) is 4.79 Å². The number of anilines is 1. The number of benzene rings is 2. The highest BCUT2D eigenvalue weighted by molar-refractivity contribution is 6.01. The van der Waals surface area contributed by atoms with Crippen LogP contribution >= 0.6 is 0 Å². The lowest BCUT2D eigenvalue weighted by Crippen LogP contribution is -2.15. The van der Waals surface area contributed by atoms with Crippen LogP contribution in [0, 0.1) is 6.92 Å². The van der Waals surface area contributed by atoms with Crippen molar-refractivity contribution >= 4 is 17.6 Å². The topological polar surface area (TPSA) is 104 Å². The number of amides is 1. The second kappa shape index (κ2) is 8.55. The fourth-order valence-corrected chi connectivity index (χ4v) is 2.70.